The van der Waals surface area contributed by atoms with E-state index >= 15 is 0 Å². The number of hydrogen-bond acceptors (Lipinski definition) is 0. The van der Waals surface area contributed by atoms with E-state index in [4.69, 9.17) is 0 Å². The number of hydrogen-bond donors (Lipinski definition) is 0. The molecule has 0 aliphatic heterocycles. The maximum Gasteiger partial charge on any atom is -0.0443 e. The van der Waals surface area contributed by atoms with Crippen molar-refractivity contribution in [1.29, 1.82) is 0 Å². The van der Waals surface area contributed by atoms with Crippen molar-refractivity contribution in [1.82, 2.24) is 0 Å². The van der Waals surface area contributed by atoms with Crippen LogP contribution in [-0.4, -0.2) is 0 Å². The van der Waals surface area contributed by atoms with Crippen LogP contribution in [0.15, 0.2) is 0 Å². The molecular formula is C37H76. The van der Waals surface area contributed by atoms with Gasteiger partial charge in [-0.1, -0.05) is 215 Å². The summed E-state index contributed by atoms with van der Waals surface area (Å²) in [4.78, 5) is 0. The van der Waals surface area contributed by atoms with Gasteiger partial charge >= 0.3 is 0 Å². The Hall–Kier alpha value is 0. The minimum Gasteiger partial charge on any atom is -0.0654 e. The Balaban J connectivity index is 3.39. The van der Waals surface area contributed by atoms with Gasteiger partial charge in [-0.15, -0.1) is 0 Å². The lowest BCUT2D eigenvalue weighted by Gasteiger charge is -2.16. The fourth-order valence-electron chi connectivity index (χ4n) is 6.38. The van der Waals surface area contributed by atoms with Gasteiger partial charge in [0.05, 0.1) is 0 Å². The van der Waals surface area contributed by atoms with Gasteiger partial charge < -0.3 is 0 Å². The van der Waals surface area contributed by atoms with E-state index in [-0.39, 0.29) is 0 Å². The Kier molecular flexibility index (Phi) is 29.0. The average Bonchev–Trinajstić information content (AvgIpc) is 2.86. The molecule has 0 saturated carbocycles. The predicted molar refractivity (Wildman–Crippen MR) is 173 cm³/mol. The highest BCUT2D eigenvalue weighted by Gasteiger charge is 2.09. The molecule has 0 aromatic carbocycles. The third kappa shape index (κ3) is 28.8. The second-order valence-electron chi connectivity index (χ2n) is 13.7. The summed E-state index contributed by atoms with van der Waals surface area (Å²) in [6.45, 7) is 14.6. The maximum atomic E-state index is 2.51. The summed E-state index contributed by atoms with van der Waals surface area (Å²) >= 11 is 0. The molecule has 0 aromatic rings. The van der Waals surface area contributed by atoms with Crippen LogP contribution in [0.2, 0.25) is 0 Å². The molecule has 0 nitrogen and oxygen atoms in total. The van der Waals surface area contributed by atoms with Crippen molar-refractivity contribution >= 4 is 0 Å². The molecule has 0 rings (SSSR count). The molecule has 0 aromatic heterocycles. The number of rotatable bonds is 30. The first kappa shape index (κ1) is 37.0. The van der Waals surface area contributed by atoms with Crippen molar-refractivity contribution in [2.75, 3.05) is 0 Å². The lowest BCUT2D eigenvalue weighted by molar-refractivity contribution is 0.366. The van der Waals surface area contributed by atoms with E-state index in [9.17, 15) is 0 Å². The van der Waals surface area contributed by atoms with Gasteiger partial charge in [0, 0.05) is 0 Å². The van der Waals surface area contributed by atoms with Crippen LogP contribution in [0.1, 0.15) is 215 Å². The van der Waals surface area contributed by atoms with Crippen LogP contribution in [0.4, 0.5) is 0 Å². The Morgan fingerprint density at radius 1 is 0.243 bits per heavy atom. The van der Waals surface area contributed by atoms with E-state index in [0.29, 0.717) is 0 Å². The fraction of sp³-hybridized carbons (Fsp3) is 1.00. The lowest BCUT2D eigenvalue weighted by atomic mass is 9.90. The normalized spacial score (nSPS) is 15.1. The molecule has 0 amide bonds. The van der Waals surface area contributed by atoms with Gasteiger partial charge in [-0.05, 0) is 23.7 Å². The van der Waals surface area contributed by atoms with Crippen LogP contribution in [0, 0.1) is 23.7 Å². The first-order chi connectivity index (χ1) is 18.0. The maximum absolute atomic E-state index is 2.51. The molecule has 0 aliphatic carbocycles. The van der Waals surface area contributed by atoms with Crippen molar-refractivity contribution in [3.05, 3.63) is 0 Å². The zero-order valence-electron chi connectivity index (χ0n) is 27.4. The molecule has 0 radical (unpaired) electrons. The zero-order valence-corrected chi connectivity index (χ0v) is 27.4. The molecule has 0 heterocycles. The summed E-state index contributed by atoms with van der Waals surface area (Å²) in [5, 5.41) is 0. The predicted octanol–water partition coefficient (Wildman–Crippen LogP) is 14.1. The van der Waals surface area contributed by atoms with E-state index in [1.807, 2.05) is 0 Å². The van der Waals surface area contributed by atoms with Crippen LogP contribution >= 0.6 is 0 Å². The minimum atomic E-state index is 0.940. The Morgan fingerprint density at radius 2 is 0.486 bits per heavy atom. The van der Waals surface area contributed by atoms with Crippen LogP contribution < -0.4 is 0 Å². The van der Waals surface area contributed by atoms with Crippen molar-refractivity contribution in [3.63, 3.8) is 0 Å². The molecule has 0 fully saturated rings. The Labute approximate surface area is 238 Å². The largest absolute Gasteiger partial charge is 0.0654 e. The van der Waals surface area contributed by atoms with Crippen molar-refractivity contribution in [2.24, 2.45) is 23.7 Å². The van der Waals surface area contributed by atoms with Crippen LogP contribution in [0.3, 0.4) is 0 Å². The molecule has 4 unspecified atom stereocenters. The highest BCUT2D eigenvalue weighted by Crippen LogP contribution is 2.24. The molecule has 0 N–H and O–H groups in total. The first-order valence-corrected chi connectivity index (χ1v) is 18.0. The molecule has 0 aliphatic rings. The Bertz CT molecular complexity index is 412. The molecule has 224 valence electrons. The highest BCUT2D eigenvalue weighted by molar-refractivity contribution is 4.62. The van der Waals surface area contributed by atoms with Gasteiger partial charge in [0.2, 0.25) is 0 Å². The van der Waals surface area contributed by atoms with E-state index in [0.717, 1.165) is 23.7 Å². The van der Waals surface area contributed by atoms with Gasteiger partial charge in [-0.25, -0.2) is 0 Å². The quantitative estimate of drug-likeness (QED) is 0.0826. The van der Waals surface area contributed by atoms with Crippen LogP contribution in [-0.2, 0) is 0 Å². The van der Waals surface area contributed by atoms with Gasteiger partial charge in [0.15, 0.2) is 0 Å². The Morgan fingerprint density at radius 3 is 0.784 bits per heavy atom. The van der Waals surface area contributed by atoms with Gasteiger partial charge in [0.25, 0.3) is 0 Å². The average molecular weight is 521 g/mol. The zero-order chi connectivity index (χ0) is 27.4. The molecule has 37 heavy (non-hydrogen) atoms. The summed E-state index contributed by atoms with van der Waals surface area (Å²) in [6, 6.07) is 0. The fourth-order valence-corrected chi connectivity index (χ4v) is 6.38. The van der Waals surface area contributed by atoms with Crippen molar-refractivity contribution < 1.29 is 0 Å². The molecular weight excluding hydrogens is 444 g/mol. The lowest BCUT2D eigenvalue weighted by Crippen LogP contribution is -2.02. The highest BCUT2D eigenvalue weighted by atomic mass is 14.1. The summed E-state index contributed by atoms with van der Waals surface area (Å²) < 4.78 is 0. The monoisotopic (exact) mass is 521 g/mol. The van der Waals surface area contributed by atoms with E-state index < -0.39 is 0 Å². The molecule has 4 atom stereocenters. The van der Waals surface area contributed by atoms with E-state index in [1.54, 1.807) is 0 Å². The smallest absolute Gasteiger partial charge is 0.0443 e. The van der Waals surface area contributed by atoms with Crippen molar-refractivity contribution in [2.45, 2.75) is 215 Å². The van der Waals surface area contributed by atoms with Gasteiger partial charge in [-0.3, -0.25) is 0 Å². The molecule has 0 spiro atoms. The molecule has 0 saturated heterocycles. The topological polar surface area (TPSA) is 0 Å². The van der Waals surface area contributed by atoms with Crippen LogP contribution in [0.25, 0.3) is 0 Å². The third-order valence-electron chi connectivity index (χ3n) is 9.26. The minimum absolute atomic E-state index is 0.940. The van der Waals surface area contributed by atoms with Gasteiger partial charge in [-0.2, -0.15) is 0 Å². The second kappa shape index (κ2) is 29.0. The van der Waals surface area contributed by atoms with Gasteiger partial charge in [0.1, 0.15) is 0 Å². The van der Waals surface area contributed by atoms with Crippen molar-refractivity contribution in [3.8, 4) is 0 Å². The van der Waals surface area contributed by atoms with Crippen LogP contribution in [0.5, 0.6) is 0 Å². The summed E-state index contributed by atoms with van der Waals surface area (Å²) in [5.41, 5.74) is 0. The van der Waals surface area contributed by atoms with E-state index in [2.05, 4.69) is 41.5 Å². The molecule has 0 bridgehead atoms. The standard InChI is InChI=1S/C37H76/c1-7-9-10-11-12-13-14-15-16-17-18-19-20-21-22-27-35(4)29-24-31-37(6)33-25-32-36(5)30-23-28-34(3)26-8-2/h34-37H,7-33H2,1-6H3. The molecule has 0 heteroatoms. The second-order valence-corrected chi connectivity index (χ2v) is 13.7. The number of unbranched alkanes of at least 4 members (excludes halogenated alkanes) is 14. The summed E-state index contributed by atoms with van der Waals surface area (Å²) in [7, 11) is 0. The first-order valence-electron chi connectivity index (χ1n) is 18.0. The van der Waals surface area contributed by atoms with E-state index in [1.165, 1.54) is 173 Å². The summed E-state index contributed by atoms with van der Waals surface area (Å²) in [6.07, 6.45) is 39.5. The SMILES string of the molecule is CCCCCCCCCCCCCCCCCC(C)CCCC(C)CCCC(C)CCCC(C)CCC. The third-order valence-corrected chi connectivity index (χ3v) is 9.26. The summed E-state index contributed by atoms with van der Waals surface area (Å²) in [5.74, 6) is 3.77.